The van der Waals surface area contributed by atoms with Crippen molar-refractivity contribution in [3.63, 3.8) is 0 Å². The molecule has 0 saturated carbocycles. The number of aromatic hydroxyl groups is 1. The lowest BCUT2D eigenvalue weighted by molar-refractivity contribution is 0.0597. The topological polar surface area (TPSA) is 49.8 Å². The Balaban J connectivity index is 2.14. The Morgan fingerprint density at radius 3 is 2.50 bits per heavy atom. The van der Waals surface area contributed by atoms with Gasteiger partial charge in [0.2, 0.25) is 0 Å². The maximum absolute atomic E-state index is 12.7. The number of rotatable bonds is 0. The highest BCUT2D eigenvalue weighted by Crippen LogP contribution is 2.44. The number of nitrogens with zero attached hydrogens (tertiary/aromatic N) is 1. The molecular formula is C18H19NO3. The minimum Gasteiger partial charge on any atom is -0.506 e. The number of carbonyl (C=O) groups excluding carboxylic acids is 1. The van der Waals surface area contributed by atoms with Crippen LogP contribution >= 0.6 is 0 Å². The molecule has 114 valence electrons. The first-order chi connectivity index (χ1) is 10.4. The number of benzene rings is 2. The average molecular weight is 297 g/mol. The highest BCUT2D eigenvalue weighted by Gasteiger charge is 2.32. The van der Waals surface area contributed by atoms with Gasteiger partial charge in [0.15, 0.2) is 0 Å². The van der Waals surface area contributed by atoms with E-state index in [4.69, 9.17) is 4.74 Å². The number of carbonyl (C=O) groups is 1. The van der Waals surface area contributed by atoms with Crippen molar-refractivity contribution in [2.24, 2.45) is 0 Å². The van der Waals surface area contributed by atoms with Crippen LogP contribution in [0.15, 0.2) is 42.5 Å². The predicted molar refractivity (Wildman–Crippen MR) is 85.7 cm³/mol. The molecule has 4 nitrogen and oxygen atoms in total. The third kappa shape index (κ3) is 2.52. The zero-order valence-corrected chi connectivity index (χ0v) is 13.0. The van der Waals surface area contributed by atoms with E-state index in [-0.39, 0.29) is 5.75 Å². The Kier molecular flexibility index (Phi) is 3.32. The molecule has 0 spiro atoms. The van der Waals surface area contributed by atoms with Gasteiger partial charge in [-0.25, -0.2) is 9.69 Å². The van der Waals surface area contributed by atoms with Crippen molar-refractivity contribution in [1.82, 2.24) is 0 Å². The van der Waals surface area contributed by atoms with E-state index in [9.17, 15) is 9.90 Å². The Bertz CT molecular complexity index is 731. The molecule has 1 aliphatic heterocycles. The summed E-state index contributed by atoms with van der Waals surface area (Å²) in [5.41, 5.74) is 2.60. The molecule has 0 saturated heterocycles. The first kappa shape index (κ1) is 14.4. The smallest absolute Gasteiger partial charge is 0.419 e. The number of phenols is 1. The lowest BCUT2D eigenvalue weighted by Crippen LogP contribution is -2.36. The number of ether oxygens (including phenoxy) is 1. The van der Waals surface area contributed by atoms with Crippen LogP contribution in [0.1, 0.15) is 31.9 Å². The molecule has 1 heterocycles. The van der Waals surface area contributed by atoms with Gasteiger partial charge in [0.05, 0.1) is 11.4 Å². The Morgan fingerprint density at radius 2 is 1.77 bits per heavy atom. The van der Waals surface area contributed by atoms with Crippen LogP contribution in [0.4, 0.5) is 16.2 Å². The summed E-state index contributed by atoms with van der Waals surface area (Å²) in [5.74, 6) is 0.0814. The van der Waals surface area contributed by atoms with Crippen molar-refractivity contribution in [2.45, 2.75) is 32.8 Å². The average Bonchev–Trinajstić information content (AvgIpc) is 2.43. The van der Waals surface area contributed by atoms with Crippen LogP contribution < -0.4 is 4.90 Å². The fourth-order valence-corrected chi connectivity index (χ4v) is 2.68. The van der Waals surface area contributed by atoms with E-state index in [1.807, 2.05) is 51.1 Å². The van der Waals surface area contributed by atoms with E-state index in [0.717, 1.165) is 16.8 Å². The molecule has 2 aromatic rings. The third-order valence-electron chi connectivity index (χ3n) is 3.51. The van der Waals surface area contributed by atoms with Crippen LogP contribution in [0.25, 0.3) is 0 Å². The minimum absolute atomic E-state index is 0.0814. The fourth-order valence-electron chi connectivity index (χ4n) is 2.68. The number of amides is 1. The highest BCUT2D eigenvalue weighted by atomic mass is 16.6. The highest BCUT2D eigenvalue weighted by molar-refractivity contribution is 6.01. The second-order valence-corrected chi connectivity index (χ2v) is 6.41. The Hall–Kier alpha value is -2.49. The summed E-state index contributed by atoms with van der Waals surface area (Å²) in [6.07, 6.45) is 0.196. The van der Waals surface area contributed by atoms with Gasteiger partial charge in [-0.2, -0.15) is 0 Å². The molecule has 4 heteroatoms. The van der Waals surface area contributed by atoms with Crippen LogP contribution in [-0.4, -0.2) is 16.8 Å². The number of hydrogen-bond acceptors (Lipinski definition) is 3. The first-order valence-electron chi connectivity index (χ1n) is 7.29. The number of hydrogen-bond donors (Lipinski definition) is 1. The second kappa shape index (κ2) is 5.05. The van der Waals surface area contributed by atoms with Gasteiger partial charge in [-0.05, 0) is 44.0 Å². The van der Waals surface area contributed by atoms with E-state index in [1.54, 1.807) is 12.1 Å². The van der Waals surface area contributed by atoms with Gasteiger partial charge in [-0.1, -0.05) is 30.3 Å². The SMILES string of the molecule is CC(C)(C)OC(=O)N1c2ccccc2Cc2cccc(O)c21. The van der Waals surface area contributed by atoms with Crippen LogP contribution in [-0.2, 0) is 11.2 Å². The number of fused-ring (bicyclic) bond motifs is 2. The Labute approximate surface area is 130 Å². The molecular weight excluding hydrogens is 278 g/mol. The Morgan fingerprint density at radius 1 is 1.09 bits per heavy atom. The number of anilines is 2. The lowest BCUT2D eigenvalue weighted by atomic mass is 9.95. The summed E-state index contributed by atoms with van der Waals surface area (Å²) in [7, 11) is 0. The van der Waals surface area contributed by atoms with Crippen molar-refractivity contribution in [3.8, 4) is 5.75 Å². The summed E-state index contributed by atoms with van der Waals surface area (Å²) < 4.78 is 5.52. The monoisotopic (exact) mass is 297 g/mol. The molecule has 0 radical (unpaired) electrons. The van der Waals surface area contributed by atoms with E-state index in [0.29, 0.717) is 12.1 Å². The van der Waals surface area contributed by atoms with Crippen molar-refractivity contribution < 1.29 is 14.6 Å². The normalized spacial score (nSPS) is 13.3. The molecule has 0 atom stereocenters. The molecule has 22 heavy (non-hydrogen) atoms. The number of para-hydroxylation sites is 2. The summed E-state index contributed by atoms with van der Waals surface area (Å²) in [5, 5.41) is 10.3. The molecule has 1 amide bonds. The largest absolute Gasteiger partial charge is 0.506 e. The predicted octanol–water partition coefficient (Wildman–Crippen LogP) is 4.37. The van der Waals surface area contributed by atoms with E-state index in [1.165, 1.54) is 4.90 Å². The molecule has 0 aliphatic carbocycles. The second-order valence-electron chi connectivity index (χ2n) is 6.41. The summed E-state index contributed by atoms with van der Waals surface area (Å²) >= 11 is 0. The maximum atomic E-state index is 12.7. The van der Waals surface area contributed by atoms with Gasteiger partial charge < -0.3 is 9.84 Å². The minimum atomic E-state index is -0.603. The standard InChI is InChI=1S/C18H19NO3/c1-18(2,3)22-17(21)19-14-9-5-4-7-12(14)11-13-8-6-10-15(20)16(13)19/h4-10,20H,11H2,1-3H3. The van der Waals surface area contributed by atoms with E-state index in [2.05, 4.69) is 0 Å². The molecule has 0 bridgehead atoms. The fraction of sp³-hybridized carbons (Fsp3) is 0.278. The lowest BCUT2D eigenvalue weighted by Gasteiger charge is -2.33. The van der Waals surface area contributed by atoms with Gasteiger partial charge in [-0.15, -0.1) is 0 Å². The van der Waals surface area contributed by atoms with Crippen molar-refractivity contribution >= 4 is 17.5 Å². The summed E-state index contributed by atoms with van der Waals surface area (Å²) in [6, 6.07) is 13.0. The molecule has 3 rings (SSSR count). The molecule has 0 unspecified atom stereocenters. The van der Waals surface area contributed by atoms with Crippen LogP contribution in [0, 0.1) is 0 Å². The van der Waals surface area contributed by atoms with Crippen molar-refractivity contribution in [2.75, 3.05) is 4.90 Å². The van der Waals surface area contributed by atoms with Gasteiger partial charge in [0.1, 0.15) is 11.4 Å². The molecule has 1 aliphatic rings. The molecule has 2 aromatic carbocycles. The van der Waals surface area contributed by atoms with Crippen LogP contribution in [0.2, 0.25) is 0 Å². The van der Waals surface area contributed by atoms with Crippen molar-refractivity contribution in [3.05, 3.63) is 53.6 Å². The third-order valence-corrected chi connectivity index (χ3v) is 3.51. The quantitative estimate of drug-likeness (QED) is 0.785. The van der Waals surface area contributed by atoms with Gasteiger partial charge in [0, 0.05) is 6.42 Å². The summed E-state index contributed by atoms with van der Waals surface area (Å²) in [6.45, 7) is 5.48. The van der Waals surface area contributed by atoms with E-state index >= 15 is 0 Å². The molecule has 0 aromatic heterocycles. The molecule has 0 fully saturated rings. The first-order valence-corrected chi connectivity index (χ1v) is 7.29. The summed E-state index contributed by atoms with van der Waals surface area (Å²) in [4.78, 5) is 14.2. The van der Waals surface area contributed by atoms with Crippen LogP contribution in [0.3, 0.4) is 0 Å². The molecule has 1 N–H and O–H groups in total. The number of phenolic OH excluding ortho intramolecular Hbond substituents is 1. The van der Waals surface area contributed by atoms with Gasteiger partial charge in [-0.3, -0.25) is 0 Å². The van der Waals surface area contributed by atoms with Gasteiger partial charge >= 0.3 is 6.09 Å². The van der Waals surface area contributed by atoms with Gasteiger partial charge in [0.25, 0.3) is 0 Å². The van der Waals surface area contributed by atoms with Crippen molar-refractivity contribution in [1.29, 1.82) is 0 Å². The zero-order chi connectivity index (χ0) is 15.9. The maximum Gasteiger partial charge on any atom is 0.419 e. The van der Waals surface area contributed by atoms with E-state index < -0.39 is 11.7 Å². The zero-order valence-electron chi connectivity index (χ0n) is 13.0. The van der Waals surface area contributed by atoms with Crippen LogP contribution in [0.5, 0.6) is 5.75 Å².